The normalized spacial score (nSPS) is 11.7. The molecule has 3 nitrogen and oxygen atoms in total. The van der Waals surface area contributed by atoms with E-state index < -0.39 is 0 Å². The van der Waals surface area contributed by atoms with E-state index in [0.29, 0.717) is 13.0 Å². The minimum Gasteiger partial charge on any atom is -0.356 e. The van der Waals surface area contributed by atoms with Crippen LogP contribution in [0.25, 0.3) is 0 Å². The molecule has 1 N–H and O–H groups in total. The fraction of sp³-hybridized carbons (Fsp3) is 0.217. The van der Waals surface area contributed by atoms with Crippen LogP contribution in [0.5, 0.6) is 0 Å². The molecule has 0 saturated heterocycles. The summed E-state index contributed by atoms with van der Waals surface area (Å²) in [7, 11) is 0. The summed E-state index contributed by atoms with van der Waals surface area (Å²) in [5.41, 5.74) is 4.55. The number of hydrogen-bond acceptors (Lipinski definition) is 2. The van der Waals surface area contributed by atoms with E-state index in [2.05, 4.69) is 53.6 Å². The molecule has 3 heteroatoms. The second-order valence-corrected chi connectivity index (χ2v) is 6.50. The zero-order valence-electron chi connectivity index (χ0n) is 15.1. The summed E-state index contributed by atoms with van der Waals surface area (Å²) < 4.78 is 0. The average Bonchev–Trinajstić information content (AvgIpc) is 2.68. The van der Waals surface area contributed by atoms with E-state index in [9.17, 15) is 4.79 Å². The lowest BCUT2D eigenvalue weighted by atomic mass is 9.88. The van der Waals surface area contributed by atoms with Crippen LogP contribution in [0, 0.1) is 6.92 Å². The first kappa shape index (κ1) is 17.9. The summed E-state index contributed by atoms with van der Waals surface area (Å²) in [6.07, 6.45) is 2.96. The molecule has 0 aliphatic heterocycles. The number of nitrogens with zero attached hydrogens (tertiary/aromatic N) is 1. The fourth-order valence-electron chi connectivity index (χ4n) is 3.05. The molecule has 0 bridgehead atoms. The monoisotopic (exact) mass is 344 g/mol. The van der Waals surface area contributed by atoms with Gasteiger partial charge in [-0.15, -0.1) is 0 Å². The number of benzene rings is 2. The highest BCUT2D eigenvalue weighted by molar-refractivity contribution is 5.77. The number of aryl methyl sites for hydroxylation is 1. The third kappa shape index (κ3) is 5.03. The number of carbonyl (C=O) groups excluding carboxylic acids is 1. The van der Waals surface area contributed by atoms with Gasteiger partial charge in [-0.3, -0.25) is 9.78 Å². The van der Waals surface area contributed by atoms with Gasteiger partial charge in [0.15, 0.2) is 0 Å². The molecule has 3 rings (SSSR count). The molecule has 1 heterocycles. The Balaban J connectivity index is 1.65. The molecule has 0 aliphatic rings. The Morgan fingerprint density at radius 2 is 1.62 bits per heavy atom. The SMILES string of the molecule is Cc1ccc(C(CC(=O)NCCc2ccccn2)c2ccccc2)cc1. The molecule has 1 atom stereocenters. The highest BCUT2D eigenvalue weighted by Gasteiger charge is 2.18. The minimum absolute atomic E-state index is 0.0617. The van der Waals surface area contributed by atoms with Crippen molar-refractivity contribution in [2.75, 3.05) is 6.54 Å². The zero-order chi connectivity index (χ0) is 18.2. The van der Waals surface area contributed by atoms with Crippen molar-refractivity contribution in [1.29, 1.82) is 0 Å². The Hall–Kier alpha value is -2.94. The highest BCUT2D eigenvalue weighted by atomic mass is 16.1. The van der Waals surface area contributed by atoms with Gasteiger partial charge in [0.2, 0.25) is 5.91 Å². The summed E-state index contributed by atoms with van der Waals surface area (Å²) in [6, 6.07) is 24.5. The van der Waals surface area contributed by atoms with E-state index >= 15 is 0 Å². The average molecular weight is 344 g/mol. The molecule has 26 heavy (non-hydrogen) atoms. The summed E-state index contributed by atoms with van der Waals surface area (Å²) in [5.74, 6) is 0.127. The van der Waals surface area contributed by atoms with Crippen molar-refractivity contribution in [1.82, 2.24) is 10.3 Å². The van der Waals surface area contributed by atoms with E-state index in [1.54, 1.807) is 6.20 Å². The Labute approximate surface area is 155 Å². The number of carbonyl (C=O) groups is 1. The number of nitrogens with one attached hydrogen (secondary N) is 1. The van der Waals surface area contributed by atoms with Crippen LogP contribution in [0.1, 0.15) is 34.7 Å². The van der Waals surface area contributed by atoms with Gasteiger partial charge in [0.1, 0.15) is 0 Å². The van der Waals surface area contributed by atoms with E-state index in [1.165, 1.54) is 11.1 Å². The minimum atomic E-state index is 0.0617. The lowest BCUT2D eigenvalue weighted by Gasteiger charge is -2.18. The van der Waals surface area contributed by atoms with Crippen LogP contribution in [0.2, 0.25) is 0 Å². The van der Waals surface area contributed by atoms with Gasteiger partial charge in [-0.1, -0.05) is 66.2 Å². The Morgan fingerprint density at radius 3 is 2.31 bits per heavy atom. The predicted octanol–water partition coefficient (Wildman–Crippen LogP) is 4.27. The van der Waals surface area contributed by atoms with Crippen molar-refractivity contribution in [2.45, 2.75) is 25.7 Å². The first-order valence-electron chi connectivity index (χ1n) is 9.00. The third-order valence-corrected chi connectivity index (χ3v) is 4.50. The molecule has 1 amide bonds. The number of pyridine rings is 1. The van der Waals surface area contributed by atoms with Crippen LogP contribution < -0.4 is 5.32 Å². The first-order valence-corrected chi connectivity index (χ1v) is 9.00. The predicted molar refractivity (Wildman–Crippen MR) is 105 cm³/mol. The largest absolute Gasteiger partial charge is 0.356 e. The van der Waals surface area contributed by atoms with Gasteiger partial charge < -0.3 is 5.32 Å². The van der Waals surface area contributed by atoms with E-state index in [0.717, 1.165) is 17.7 Å². The molecule has 0 radical (unpaired) electrons. The second-order valence-electron chi connectivity index (χ2n) is 6.50. The molecule has 0 aliphatic carbocycles. The summed E-state index contributed by atoms with van der Waals surface area (Å²) >= 11 is 0. The van der Waals surface area contributed by atoms with Crippen molar-refractivity contribution < 1.29 is 4.79 Å². The molecular formula is C23H24N2O. The van der Waals surface area contributed by atoms with Gasteiger partial charge >= 0.3 is 0 Å². The zero-order valence-corrected chi connectivity index (χ0v) is 15.1. The molecule has 2 aromatic carbocycles. The molecule has 1 unspecified atom stereocenters. The molecule has 132 valence electrons. The van der Waals surface area contributed by atoms with Crippen LogP contribution in [-0.4, -0.2) is 17.4 Å². The smallest absolute Gasteiger partial charge is 0.220 e. The topological polar surface area (TPSA) is 42.0 Å². The lowest BCUT2D eigenvalue weighted by Crippen LogP contribution is -2.27. The molecule has 3 aromatic rings. The number of aromatic nitrogens is 1. The number of rotatable bonds is 7. The van der Waals surface area contributed by atoms with Gasteiger partial charge in [0.05, 0.1) is 0 Å². The molecule has 0 saturated carbocycles. The van der Waals surface area contributed by atoms with Crippen molar-refractivity contribution in [3.63, 3.8) is 0 Å². The van der Waals surface area contributed by atoms with Gasteiger partial charge in [-0.25, -0.2) is 0 Å². The first-order chi connectivity index (χ1) is 12.7. The second kappa shape index (κ2) is 8.95. The standard InChI is InChI=1S/C23H24N2O/c1-18-10-12-20(13-11-18)22(19-7-3-2-4-8-19)17-23(26)25-16-14-21-9-5-6-15-24-21/h2-13,15,22H,14,16-17H2,1H3,(H,25,26). The molecular weight excluding hydrogens is 320 g/mol. The maximum atomic E-state index is 12.5. The number of amides is 1. The van der Waals surface area contributed by atoms with Crippen LogP contribution in [0.3, 0.4) is 0 Å². The van der Waals surface area contributed by atoms with Gasteiger partial charge in [0, 0.05) is 37.2 Å². The highest BCUT2D eigenvalue weighted by Crippen LogP contribution is 2.28. The van der Waals surface area contributed by atoms with Gasteiger partial charge in [-0.05, 0) is 30.2 Å². The maximum absolute atomic E-state index is 12.5. The summed E-state index contributed by atoms with van der Waals surface area (Å²) in [4.78, 5) is 16.8. The quantitative estimate of drug-likeness (QED) is 0.695. The molecule has 0 fully saturated rings. The Kier molecular flexibility index (Phi) is 6.15. The third-order valence-electron chi connectivity index (χ3n) is 4.50. The maximum Gasteiger partial charge on any atom is 0.220 e. The Morgan fingerprint density at radius 1 is 0.923 bits per heavy atom. The molecule has 0 spiro atoms. The van der Waals surface area contributed by atoms with Crippen molar-refractivity contribution >= 4 is 5.91 Å². The van der Waals surface area contributed by atoms with E-state index in [-0.39, 0.29) is 11.8 Å². The van der Waals surface area contributed by atoms with Crippen molar-refractivity contribution in [3.05, 3.63) is 101 Å². The number of hydrogen-bond donors (Lipinski definition) is 1. The van der Waals surface area contributed by atoms with Crippen molar-refractivity contribution in [2.24, 2.45) is 0 Å². The van der Waals surface area contributed by atoms with Crippen LogP contribution in [0.4, 0.5) is 0 Å². The van der Waals surface area contributed by atoms with Crippen LogP contribution in [-0.2, 0) is 11.2 Å². The summed E-state index contributed by atoms with van der Waals surface area (Å²) in [5, 5.41) is 3.03. The fourth-order valence-corrected chi connectivity index (χ4v) is 3.05. The van der Waals surface area contributed by atoms with E-state index in [4.69, 9.17) is 0 Å². The van der Waals surface area contributed by atoms with E-state index in [1.807, 2.05) is 36.4 Å². The van der Waals surface area contributed by atoms with Gasteiger partial charge in [0.25, 0.3) is 0 Å². The van der Waals surface area contributed by atoms with Gasteiger partial charge in [-0.2, -0.15) is 0 Å². The summed E-state index contributed by atoms with van der Waals surface area (Å²) in [6.45, 7) is 2.68. The van der Waals surface area contributed by atoms with Crippen LogP contribution in [0.15, 0.2) is 79.0 Å². The Bertz CT molecular complexity index is 814. The van der Waals surface area contributed by atoms with Crippen LogP contribution >= 0.6 is 0 Å². The van der Waals surface area contributed by atoms with Crippen molar-refractivity contribution in [3.8, 4) is 0 Å². The molecule has 1 aromatic heterocycles. The lowest BCUT2D eigenvalue weighted by molar-refractivity contribution is -0.121.